The molecule has 3 amide bonds. The standard InChI is InChI=1S/C25H34N4O3S/c1-17-11-13-19(14-12-17)32-15-23-27-22(16-33-23)24(30)28-20-9-5-6-10-21(20)29-25(31)26-18-7-3-2-4-8-18/h11-14,16,18,20-21H,2-10,15H2,1H3,(H,28,30)(H2,26,29,31)/t20-,21+/m0/s1. The first-order chi connectivity index (χ1) is 16.1. The predicted octanol–water partition coefficient (Wildman–Crippen LogP) is 4.70. The zero-order valence-electron chi connectivity index (χ0n) is 19.3. The minimum absolute atomic E-state index is 0.0609. The van der Waals surface area contributed by atoms with E-state index in [1.54, 1.807) is 5.38 Å². The molecule has 0 unspecified atom stereocenters. The highest BCUT2D eigenvalue weighted by atomic mass is 32.1. The Kier molecular flexibility index (Phi) is 8.20. The van der Waals surface area contributed by atoms with Crippen LogP contribution in [0.5, 0.6) is 5.75 Å². The molecule has 2 aromatic rings. The minimum atomic E-state index is -0.195. The van der Waals surface area contributed by atoms with Crippen LogP contribution in [0.25, 0.3) is 0 Å². The van der Waals surface area contributed by atoms with Crippen molar-refractivity contribution in [1.29, 1.82) is 0 Å². The van der Waals surface area contributed by atoms with Gasteiger partial charge in [0.25, 0.3) is 5.91 Å². The summed E-state index contributed by atoms with van der Waals surface area (Å²) in [6, 6.07) is 7.86. The van der Waals surface area contributed by atoms with Gasteiger partial charge in [-0.05, 0) is 44.7 Å². The Hall–Kier alpha value is -2.61. The molecule has 0 bridgehead atoms. The molecule has 1 aromatic carbocycles. The number of carbonyl (C=O) groups is 2. The predicted molar refractivity (Wildman–Crippen MR) is 130 cm³/mol. The van der Waals surface area contributed by atoms with Gasteiger partial charge in [-0.2, -0.15) is 0 Å². The summed E-state index contributed by atoms with van der Waals surface area (Å²) in [5.74, 6) is 0.587. The molecule has 8 heteroatoms. The average molecular weight is 471 g/mol. The van der Waals surface area contributed by atoms with Crippen LogP contribution >= 0.6 is 11.3 Å². The molecule has 2 aliphatic rings. The molecule has 7 nitrogen and oxygen atoms in total. The van der Waals surface area contributed by atoms with Gasteiger partial charge < -0.3 is 20.7 Å². The lowest BCUT2D eigenvalue weighted by molar-refractivity contribution is 0.0911. The highest BCUT2D eigenvalue weighted by Crippen LogP contribution is 2.21. The van der Waals surface area contributed by atoms with Crippen LogP contribution in [0.3, 0.4) is 0 Å². The molecular weight excluding hydrogens is 436 g/mol. The van der Waals surface area contributed by atoms with Gasteiger partial charge in [-0.1, -0.05) is 49.8 Å². The van der Waals surface area contributed by atoms with E-state index in [2.05, 4.69) is 20.9 Å². The molecule has 33 heavy (non-hydrogen) atoms. The van der Waals surface area contributed by atoms with Gasteiger partial charge in [0.15, 0.2) is 0 Å². The summed E-state index contributed by atoms with van der Waals surface area (Å²) in [4.78, 5) is 29.8. The van der Waals surface area contributed by atoms with Crippen molar-refractivity contribution in [3.63, 3.8) is 0 Å². The Morgan fingerprint density at radius 2 is 1.61 bits per heavy atom. The van der Waals surface area contributed by atoms with Crippen LogP contribution in [0.1, 0.15) is 78.8 Å². The number of nitrogens with one attached hydrogen (secondary N) is 3. The van der Waals surface area contributed by atoms with E-state index in [0.29, 0.717) is 12.3 Å². The van der Waals surface area contributed by atoms with E-state index in [1.807, 2.05) is 31.2 Å². The molecule has 2 aliphatic carbocycles. The third kappa shape index (κ3) is 6.93. The summed E-state index contributed by atoms with van der Waals surface area (Å²) >= 11 is 1.42. The number of urea groups is 1. The summed E-state index contributed by atoms with van der Waals surface area (Å²) in [6.45, 7) is 2.36. The second-order valence-corrected chi connectivity index (χ2v) is 10.1. The van der Waals surface area contributed by atoms with E-state index in [0.717, 1.165) is 49.3 Å². The summed E-state index contributed by atoms with van der Waals surface area (Å²) in [5.41, 5.74) is 1.58. The molecular formula is C25H34N4O3S. The van der Waals surface area contributed by atoms with Gasteiger partial charge in [-0.3, -0.25) is 4.79 Å². The monoisotopic (exact) mass is 470 g/mol. The summed E-state index contributed by atoms with van der Waals surface area (Å²) in [6.07, 6.45) is 9.54. The first kappa shape index (κ1) is 23.5. The molecule has 178 valence electrons. The lowest BCUT2D eigenvalue weighted by atomic mass is 9.90. The van der Waals surface area contributed by atoms with Crippen LogP contribution in [0.4, 0.5) is 4.79 Å². The Morgan fingerprint density at radius 1 is 0.939 bits per heavy atom. The third-order valence-electron chi connectivity index (χ3n) is 6.51. The molecule has 4 rings (SSSR count). The molecule has 1 heterocycles. The maximum atomic E-state index is 12.9. The van der Waals surface area contributed by atoms with E-state index in [4.69, 9.17) is 4.74 Å². The van der Waals surface area contributed by atoms with Crippen molar-refractivity contribution in [1.82, 2.24) is 20.9 Å². The SMILES string of the molecule is Cc1ccc(OCc2nc(C(=O)N[C@H]3CCCC[C@H]3NC(=O)NC3CCCCC3)cs2)cc1. The van der Waals surface area contributed by atoms with Gasteiger partial charge >= 0.3 is 6.03 Å². The van der Waals surface area contributed by atoms with Crippen molar-refractivity contribution >= 4 is 23.3 Å². The van der Waals surface area contributed by atoms with Gasteiger partial charge in [0.2, 0.25) is 0 Å². The second-order valence-electron chi connectivity index (χ2n) is 9.15. The fraction of sp³-hybridized carbons (Fsp3) is 0.560. The number of hydrogen-bond acceptors (Lipinski definition) is 5. The smallest absolute Gasteiger partial charge is 0.315 e. The topological polar surface area (TPSA) is 92.3 Å². The Morgan fingerprint density at radius 3 is 2.33 bits per heavy atom. The maximum Gasteiger partial charge on any atom is 0.315 e. The Labute approximate surface area is 199 Å². The van der Waals surface area contributed by atoms with Gasteiger partial charge in [0, 0.05) is 17.5 Å². The number of hydrogen-bond donors (Lipinski definition) is 3. The van der Waals surface area contributed by atoms with Crippen molar-refractivity contribution in [2.24, 2.45) is 0 Å². The lowest BCUT2D eigenvalue weighted by Gasteiger charge is -2.33. The van der Waals surface area contributed by atoms with Crippen molar-refractivity contribution in [3.05, 3.63) is 45.9 Å². The number of aryl methyl sites for hydroxylation is 1. The van der Waals surface area contributed by atoms with Crippen molar-refractivity contribution in [3.8, 4) is 5.75 Å². The van der Waals surface area contributed by atoms with Gasteiger partial charge in [0.1, 0.15) is 23.1 Å². The number of benzene rings is 1. The number of thiazole rings is 1. The van der Waals surface area contributed by atoms with Crippen LogP contribution < -0.4 is 20.7 Å². The first-order valence-electron chi connectivity index (χ1n) is 12.1. The fourth-order valence-electron chi connectivity index (χ4n) is 4.62. The summed E-state index contributed by atoms with van der Waals surface area (Å²) in [5, 5.41) is 11.9. The van der Waals surface area contributed by atoms with E-state index in [1.165, 1.54) is 36.2 Å². The molecule has 1 aromatic heterocycles. The normalized spacial score (nSPS) is 21.2. The number of nitrogens with zero attached hydrogens (tertiary/aromatic N) is 1. The van der Waals surface area contributed by atoms with Crippen LogP contribution in [0, 0.1) is 6.92 Å². The van der Waals surface area contributed by atoms with Gasteiger partial charge in [-0.15, -0.1) is 11.3 Å². The Balaban J connectivity index is 1.27. The van der Waals surface area contributed by atoms with Crippen molar-refractivity contribution < 1.29 is 14.3 Å². The van der Waals surface area contributed by atoms with Crippen molar-refractivity contribution in [2.45, 2.75) is 89.4 Å². The summed E-state index contributed by atoms with van der Waals surface area (Å²) in [7, 11) is 0. The molecule has 0 saturated heterocycles. The fourth-order valence-corrected chi connectivity index (χ4v) is 5.31. The molecule has 3 N–H and O–H groups in total. The molecule has 2 saturated carbocycles. The zero-order chi connectivity index (χ0) is 23.0. The number of rotatable bonds is 7. The van der Waals surface area contributed by atoms with Crippen LogP contribution in [-0.2, 0) is 6.61 Å². The van der Waals surface area contributed by atoms with E-state index in [-0.39, 0.29) is 30.1 Å². The van der Waals surface area contributed by atoms with Gasteiger partial charge in [-0.25, -0.2) is 9.78 Å². The van der Waals surface area contributed by atoms with Crippen LogP contribution in [0.15, 0.2) is 29.6 Å². The van der Waals surface area contributed by atoms with Crippen LogP contribution in [0.2, 0.25) is 0 Å². The van der Waals surface area contributed by atoms with E-state index < -0.39 is 0 Å². The zero-order valence-corrected chi connectivity index (χ0v) is 20.1. The number of aromatic nitrogens is 1. The lowest BCUT2D eigenvalue weighted by Crippen LogP contribution is -2.56. The average Bonchev–Trinajstić information content (AvgIpc) is 3.30. The largest absolute Gasteiger partial charge is 0.486 e. The first-order valence-corrected chi connectivity index (χ1v) is 13.0. The Bertz CT molecular complexity index is 924. The number of carbonyl (C=O) groups excluding carboxylic acids is 2. The van der Waals surface area contributed by atoms with E-state index >= 15 is 0 Å². The highest BCUT2D eigenvalue weighted by molar-refractivity contribution is 7.09. The second kappa shape index (κ2) is 11.5. The maximum absolute atomic E-state index is 12.9. The molecule has 2 fully saturated rings. The minimum Gasteiger partial charge on any atom is -0.486 e. The number of ether oxygens (including phenoxy) is 1. The molecule has 0 spiro atoms. The number of amides is 3. The van der Waals surface area contributed by atoms with E-state index in [9.17, 15) is 9.59 Å². The third-order valence-corrected chi connectivity index (χ3v) is 7.33. The molecule has 0 radical (unpaired) electrons. The highest BCUT2D eigenvalue weighted by Gasteiger charge is 2.29. The van der Waals surface area contributed by atoms with Gasteiger partial charge in [0.05, 0.1) is 6.04 Å². The summed E-state index contributed by atoms with van der Waals surface area (Å²) < 4.78 is 5.77. The van der Waals surface area contributed by atoms with Crippen LogP contribution in [-0.4, -0.2) is 35.0 Å². The quantitative estimate of drug-likeness (QED) is 0.547. The molecule has 0 aliphatic heterocycles. The molecule has 2 atom stereocenters. The van der Waals surface area contributed by atoms with Crippen molar-refractivity contribution in [2.75, 3.05) is 0 Å².